The molecule has 0 aromatic heterocycles. The first-order chi connectivity index (χ1) is 6.33. The topological polar surface area (TPSA) is 38.7 Å². The van der Waals surface area contributed by atoms with Crippen molar-refractivity contribution in [1.82, 2.24) is 0 Å². The molecule has 1 aliphatic heterocycles. The molecule has 1 heterocycles. The van der Waals surface area contributed by atoms with Gasteiger partial charge >= 0.3 is 0 Å². The van der Waals surface area contributed by atoms with E-state index in [9.17, 15) is 5.11 Å². The van der Waals surface area contributed by atoms with Gasteiger partial charge in [-0.1, -0.05) is 24.3 Å². The van der Waals surface area contributed by atoms with Crippen molar-refractivity contribution in [2.24, 2.45) is 0 Å². The average Bonchev–Trinajstić information content (AvgIpc) is 2.46. The van der Waals surface area contributed by atoms with Gasteiger partial charge in [0.15, 0.2) is 6.29 Å². The molecule has 1 N–H and O–H groups in total. The standard InChI is InChI=1S/C10H12O3/c1-12-6-9-7-4-2-3-5-8(7)10(11)13-9/h2-5,9-11H,6H2,1H3/t9-,10+/m0/s1. The Morgan fingerprint density at radius 3 is 2.77 bits per heavy atom. The molecule has 3 nitrogen and oxygen atoms in total. The highest BCUT2D eigenvalue weighted by atomic mass is 16.6. The van der Waals surface area contributed by atoms with E-state index in [1.54, 1.807) is 7.11 Å². The zero-order valence-electron chi connectivity index (χ0n) is 7.43. The van der Waals surface area contributed by atoms with Gasteiger partial charge in [0.1, 0.15) is 6.10 Å². The first-order valence-electron chi connectivity index (χ1n) is 4.24. The van der Waals surface area contributed by atoms with Gasteiger partial charge in [-0.15, -0.1) is 0 Å². The number of methoxy groups -OCH3 is 1. The maximum atomic E-state index is 9.50. The summed E-state index contributed by atoms with van der Waals surface area (Å²) in [5, 5.41) is 9.50. The van der Waals surface area contributed by atoms with Gasteiger partial charge < -0.3 is 14.6 Å². The molecular formula is C10H12O3. The molecule has 1 aromatic carbocycles. The fourth-order valence-corrected chi connectivity index (χ4v) is 1.61. The molecule has 0 radical (unpaired) electrons. The maximum Gasteiger partial charge on any atom is 0.182 e. The molecule has 2 atom stereocenters. The summed E-state index contributed by atoms with van der Waals surface area (Å²) in [6.07, 6.45) is -0.924. The van der Waals surface area contributed by atoms with Gasteiger partial charge in [-0.25, -0.2) is 0 Å². The molecule has 1 aliphatic rings. The average molecular weight is 180 g/mol. The first kappa shape index (κ1) is 8.69. The molecule has 2 rings (SSSR count). The van der Waals surface area contributed by atoms with Crippen LogP contribution in [-0.2, 0) is 9.47 Å². The van der Waals surface area contributed by atoms with Crippen molar-refractivity contribution in [3.63, 3.8) is 0 Å². The van der Waals surface area contributed by atoms with Gasteiger partial charge in [0.25, 0.3) is 0 Å². The number of benzene rings is 1. The number of hydrogen-bond acceptors (Lipinski definition) is 3. The Balaban J connectivity index is 2.30. The lowest BCUT2D eigenvalue weighted by Crippen LogP contribution is -2.04. The van der Waals surface area contributed by atoms with Crippen molar-refractivity contribution in [3.05, 3.63) is 35.4 Å². The van der Waals surface area contributed by atoms with Gasteiger partial charge in [-0.3, -0.25) is 0 Å². The maximum absolute atomic E-state index is 9.50. The van der Waals surface area contributed by atoms with Crippen LogP contribution < -0.4 is 0 Å². The van der Waals surface area contributed by atoms with Gasteiger partial charge in [0, 0.05) is 12.7 Å². The van der Waals surface area contributed by atoms with Gasteiger partial charge in [0.05, 0.1) is 6.61 Å². The smallest absolute Gasteiger partial charge is 0.182 e. The Morgan fingerprint density at radius 1 is 1.38 bits per heavy atom. The van der Waals surface area contributed by atoms with E-state index in [-0.39, 0.29) is 6.10 Å². The van der Waals surface area contributed by atoms with E-state index in [0.717, 1.165) is 11.1 Å². The van der Waals surface area contributed by atoms with Crippen molar-refractivity contribution < 1.29 is 14.6 Å². The SMILES string of the molecule is COC[C@@H]1O[C@@H](O)c2ccccc21. The van der Waals surface area contributed by atoms with E-state index < -0.39 is 6.29 Å². The minimum atomic E-state index is -0.795. The summed E-state index contributed by atoms with van der Waals surface area (Å²) in [5.41, 5.74) is 1.88. The Labute approximate surface area is 76.9 Å². The van der Waals surface area contributed by atoms with E-state index in [1.165, 1.54) is 0 Å². The highest BCUT2D eigenvalue weighted by Gasteiger charge is 2.29. The van der Waals surface area contributed by atoms with Crippen LogP contribution in [0.2, 0.25) is 0 Å². The van der Waals surface area contributed by atoms with Crippen LogP contribution in [0.4, 0.5) is 0 Å². The van der Waals surface area contributed by atoms with Crippen LogP contribution in [0.5, 0.6) is 0 Å². The Bertz CT molecular complexity index is 298. The fourth-order valence-electron chi connectivity index (χ4n) is 1.61. The predicted molar refractivity (Wildman–Crippen MR) is 47.1 cm³/mol. The minimum absolute atomic E-state index is 0.129. The second-order valence-corrected chi connectivity index (χ2v) is 3.06. The quantitative estimate of drug-likeness (QED) is 0.747. The summed E-state index contributed by atoms with van der Waals surface area (Å²) in [4.78, 5) is 0. The van der Waals surface area contributed by atoms with E-state index in [2.05, 4.69) is 0 Å². The van der Waals surface area contributed by atoms with Crippen LogP contribution in [0.3, 0.4) is 0 Å². The molecule has 0 saturated carbocycles. The van der Waals surface area contributed by atoms with Crippen LogP contribution in [0.15, 0.2) is 24.3 Å². The third-order valence-electron chi connectivity index (χ3n) is 2.22. The molecule has 0 spiro atoms. The highest BCUT2D eigenvalue weighted by molar-refractivity contribution is 5.33. The summed E-state index contributed by atoms with van der Waals surface area (Å²) in [6.45, 7) is 0.480. The summed E-state index contributed by atoms with van der Waals surface area (Å²) in [6, 6.07) is 7.65. The molecule has 1 aromatic rings. The van der Waals surface area contributed by atoms with E-state index >= 15 is 0 Å². The van der Waals surface area contributed by atoms with E-state index in [0.29, 0.717) is 6.61 Å². The van der Waals surface area contributed by atoms with Gasteiger partial charge in [-0.05, 0) is 5.56 Å². The summed E-state index contributed by atoms with van der Waals surface area (Å²) >= 11 is 0. The molecule has 0 unspecified atom stereocenters. The van der Waals surface area contributed by atoms with Crippen molar-refractivity contribution >= 4 is 0 Å². The van der Waals surface area contributed by atoms with Crippen LogP contribution in [-0.4, -0.2) is 18.8 Å². The van der Waals surface area contributed by atoms with Gasteiger partial charge in [-0.2, -0.15) is 0 Å². The molecule has 13 heavy (non-hydrogen) atoms. The fraction of sp³-hybridized carbons (Fsp3) is 0.400. The number of ether oxygens (including phenoxy) is 2. The van der Waals surface area contributed by atoms with Crippen LogP contribution in [0.25, 0.3) is 0 Å². The molecule has 0 saturated heterocycles. The largest absolute Gasteiger partial charge is 0.382 e. The Kier molecular flexibility index (Phi) is 2.31. The Hall–Kier alpha value is -0.900. The van der Waals surface area contributed by atoms with Crippen molar-refractivity contribution in [3.8, 4) is 0 Å². The number of fused-ring (bicyclic) bond motifs is 1. The predicted octanol–water partition coefficient (Wildman–Crippen LogP) is 1.40. The van der Waals surface area contributed by atoms with Crippen LogP contribution in [0.1, 0.15) is 23.5 Å². The molecule has 0 bridgehead atoms. The highest BCUT2D eigenvalue weighted by Crippen LogP contribution is 2.36. The van der Waals surface area contributed by atoms with Crippen LogP contribution in [0, 0.1) is 0 Å². The van der Waals surface area contributed by atoms with E-state index in [1.807, 2.05) is 24.3 Å². The normalized spacial score (nSPS) is 26.0. The third-order valence-corrected chi connectivity index (χ3v) is 2.22. The Morgan fingerprint density at radius 2 is 2.08 bits per heavy atom. The third kappa shape index (κ3) is 1.46. The number of aliphatic hydroxyl groups excluding tert-OH is 1. The summed E-state index contributed by atoms with van der Waals surface area (Å²) in [7, 11) is 1.62. The molecule has 0 fully saturated rings. The first-order valence-corrected chi connectivity index (χ1v) is 4.24. The molecule has 0 amide bonds. The van der Waals surface area contributed by atoms with E-state index in [4.69, 9.17) is 9.47 Å². The van der Waals surface area contributed by atoms with Crippen molar-refractivity contribution in [1.29, 1.82) is 0 Å². The summed E-state index contributed by atoms with van der Waals surface area (Å²) in [5.74, 6) is 0. The zero-order valence-corrected chi connectivity index (χ0v) is 7.43. The number of rotatable bonds is 2. The molecular weight excluding hydrogens is 168 g/mol. The monoisotopic (exact) mass is 180 g/mol. The second-order valence-electron chi connectivity index (χ2n) is 3.06. The lowest BCUT2D eigenvalue weighted by Gasteiger charge is -2.09. The van der Waals surface area contributed by atoms with Crippen molar-refractivity contribution in [2.75, 3.05) is 13.7 Å². The minimum Gasteiger partial charge on any atom is -0.382 e. The van der Waals surface area contributed by atoms with Gasteiger partial charge in [0.2, 0.25) is 0 Å². The lowest BCUT2D eigenvalue weighted by molar-refractivity contribution is -0.134. The zero-order chi connectivity index (χ0) is 9.26. The lowest BCUT2D eigenvalue weighted by atomic mass is 10.1. The number of aliphatic hydroxyl groups is 1. The summed E-state index contributed by atoms with van der Waals surface area (Å²) < 4.78 is 10.3. The molecule has 70 valence electrons. The number of hydrogen-bond donors (Lipinski definition) is 1. The van der Waals surface area contributed by atoms with Crippen LogP contribution >= 0.6 is 0 Å². The molecule has 3 heteroatoms. The van der Waals surface area contributed by atoms with Crippen molar-refractivity contribution in [2.45, 2.75) is 12.4 Å². The molecule has 0 aliphatic carbocycles. The second kappa shape index (κ2) is 3.46.